The van der Waals surface area contributed by atoms with Gasteiger partial charge in [0, 0.05) is 44.6 Å². The third-order valence-electron chi connectivity index (χ3n) is 5.88. The summed E-state index contributed by atoms with van der Waals surface area (Å²) in [6.07, 6.45) is 2.80. The van der Waals surface area contributed by atoms with Crippen molar-refractivity contribution in [1.82, 2.24) is 4.90 Å². The van der Waals surface area contributed by atoms with Crippen molar-refractivity contribution in [3.05, 3.63) is 106 Å². The molecule has 1 saturated heterocycles. The van der Waals surface area contributed by atoms with Gasteiger partial charge >= 0.3 is 0 Å². The third-order valence-corrected chi connectivity index (χ3v) is 5.88. The lowest BCUT2D eigenvalue weighted by atomic mass is 9.84. The van der Waals surface area contributed by atoms with Crippen LogP contribution in [0.2, 0.25) is 0 Å². The molecule has 5 heteroatoms. The highest BCUT2D eigenvalue weighted by Gasteiger charge is 2.38. The Morgan fingerprint density at radius 3 is 2.07 bits per heavy atom. The number of likely N-dealkylation sites (tertiary alicyclic amines) is 1. The average Bonchev–Trinajstić information content (AvgIpc) is 2.80. The zero-order valence-corrected chi connectivity index (χ0v) is 16.9. The van der Waals surface area contributed by atoms with Gasteiger partial charge in [-0.25, -0.2) is 0 Å². The van der Waals surface area contributed by atoms with E-state index in [-0.39, 0.29) is 10.6 Å². The molecule has 0 unspecified atom stereocenters. The molecule has 3 aromatic rings. The number of hydrogen-bond donors (Lipinski definition) is 0. The molecule has 5 nitrogen and oxygen atoms in total. The summed E-state index contributed by atoms with van der Waals surface area (Å²) in [4.78, 5) is 13.1. The number of ether oxygens (including phenoxy) is 1. The van der Waals surface area contributed by atoms with Crippen molar-refractivity contribution in [2.24, 2.45) is 0 Å². The molecule has 1 fully saturated rings. The lowest BCUT2D eigenvalue weighted by molar-refractivity contribution is -0.384. The molecule has 1 aliphatic heterocycles. The molecular formula is C25H26N2O3. The van der Waals surface area contributed by atoms with Crippen molar-refractivity contribution in [1.29, 1.82) is 0 Å². The first-order valence-electron chi connectivity index (χ1n) is 10.4. The zero-order valence-electron chi connectivity index (χ0n) is 16.9. The standard InChI is InChI=1S/C25H26N2O3/c28-27(29)23-11-13-24(14-12-23)30-25(22-9-5-2-6-10-22)16-19-26(20-17-25)18-15-21-7-3-1-4-8-21/h1-14H,15-20H2. The van der Waals surface area contributed by atoms with E-state index in [0.717, 1.165) is 44.5 Å². The predicted octanol–water partition coefficient (Wildman–Crippen LogP) is 5.21. The fourth-order valence-corrected chi connectivity index (χ4v) is 4.12. The number of nitro benzene ring substituents is 1. The van der Waals surface area contributed by atoms with Gasteiger partial charge < -0.3 is 9.64 Å². The molecule has 4 rings (SSSR count). The van der Waals surface area contributed by atoms with Crippen LogP contribution in [0, 0.1) is 10.1 Å². The maximum Gasteiger partial charge on any atom is 0.269 e. The van der Waals surface area contributed by atoms with Crippen molar-refractivity contribution < 1.29 is 9.66 Å². The molecule has 0 spiro atoms. The Labute approximate surface area is 177 Å². The number of piperidine rings is 1. The van der Waals surface area contributed by atoms with Crippen molar-refractivity contribution in [3.63, 3.8) is 0 Å². The van der Waals surface area contributed by atoms with E-state index in [1.165, 1.54) is 17.7 Å². The van der Waals surface area contributed by atoms with Crippen molar-refractivity contribution in [3.8, 4) is 5.75 Å². The Hall–Kier alpha value is -3.18. The summed E-state index contributed by atoms with van der Waals surface area (Å²) < 4.78 is 6.53. The van der Waals surface area contributed by atoms with Crippen LogP contribution in [0.3, 0.4) is 0 Å². The van der Waals surface area contributed by atoms with Gasteiger partial charge in [0.15, 0.2) is 0 Å². The quantitative estimate of drug-likeness (QED) is 0.402. The van der Waals surface area contributed by atoms with Crippen LogP contribution in [0.1, 0.15) is 24.0 Å². The molecule has 0 atom stereocenters. The largest absolute Gasteiger partial charge is 0.482 e. The monoisotopic (exact) mass is 402 g/mol. The van der Waals surface area contributed by atoms with Gasteiger partial charge in [0.25, 0.3) is 5.69 Å². The average molecular weight is 402 g/mol. The summed E-state index contributed by atoms with van der Waals surface area (Å²) >= 11 is 0. The first kappa shape index (κ1) is 20.1. The second-order valence-corrected chi connectivity index (χ2v) is 7.79. The maximum atomic E-state index is 10.9. The molecule has 0 radical (unpaired) electrons. The molecule has 0 aliphatic carbocycles. The van der Waals surface area contributed by atoms with E-state index in [0.29, 0.717) is 5.75 Å². The predicted molar refractivity (Wildman–Crippen MR) is 118 cm³/mol. The molecule has 0 saturated carbocycles. The molecule has 154 valence electrons. The van der Waals surface area contributed by atoms with Gasteiger partial charge in [-0.1, -0.05) is 60.7 Å². The first-order chi connectivity index (χ1) is 14.6. The van der Waals surface area contributed by atoms with Gasteiger partial charge in [0.05, 0.1) is 4.92 Å². The number of benzene rings is 3. The molecule has 0 bridgehead atoms. The molecule has 0 aromatic heterocycles. The van der Waals surface area contributed by atoms with Crippen molar-refractivity contribution in [2.45, 2.75) is 24.9 Å². The summed E-state index contributed by atoms with van der Waals surface area (Å²) in [7, 11) is 0. The van der Waals surface area contributed by atoms with Crippen LogP contribution in [-0.2, 0) is 12.0 Å². The molecule has 30 heavy (non-hydrogen) atoms. The minimum absolute atomic E-state index is 0.0758. The van der Waals surface area contributed by atoms with E-state index in [4.69, 9.17) is 4.74 Å². The summed E-state index contributed by atoms with van der Waals surface area (Å²) in [6.45, 7) is 2.94. The van der Waals surface area contributed by atoms with Gasteiger partial charge in [-0.2, -0.15) is 0 Å². The molecule has 0 amide bonds. The van der Waals surface area contributed by atoms with E-state index in [1.807, 2.05) is 24.3 Å². The van der Waals surface area contributed by atoms with Crippen LogP contribution in [-0.4, -0.2) is 29.5 Å². The fourth-order valence-electron chi connectivity index (χ4n) is 4.12. The molecule has 1 aliphatic rings. The Kier molecular flexibility index (Phi) is 6.10. The highest BCUT2D eigenvalue weighted by Crippen LogP contribution is 2.38. The summed E-state index contributed by atoms with van der Waals surface area (Å²) in [5, 5.41) is 10.9. The van der Waals surface area contributed by atoms with Gasteiger partial charge in [0.2, 0.25) is 0 Å². The van der Waals surface area contributed by atoms with Crippen LogP contribution in [0.25, 0.3) is 0 Å². The summed E-state index contributed by atoms with van der Waals surface area (Å²) in [5.74, 6) is 0.669. The van der Waals surface area contributed by atoms with Crippen LogP contribution in [0.15, 0.2) is 84.9 Å². The normalized spacial score (nSPS) is 16.1. The highest BCUT2D eigenvalue weighted by molar-refractivity contribution is 5.37. The Bertz CT molecular complexity index is 951. The van der Waals surface area contributed by atoms with E-state index >= 15 is 0 Å². The highest BCUT2D eigenvalue weighted by atomic mass is 16.6. The fraction of sp³-hybridized carbons (Fsp3) is 0.280. The lowest BCUT2D eigenvalue weighted by Gasteiger charge is -2.42. The second-order valence-electron chi connectivity index (χ2n) is 7.79. The lowest BCUT2D eigenvalue weighted by Crippen LogP contribution is -2.46. The molecule has 0 N–H and O–H groups in total. The third kappa shape index (κ3) is 4.69. The van der Waals surface area contributed by atoms with Gasteiger partial charge in [0.1, 0.15) is 11.4 Å². The minimum Gasteiger partial charge on any atom is -0.482 e. The van der Waals surface area contributed by atoms with Crippen LogP contribution >= 0.6 is 0 Å². The Morgan fingerprint density at radius 1 is 0.867 bits per heavy atom. The second kappa shape index (κ2) is 9.09. The van der Waals surface area contributed by atoms with E-state index in [9.17, 15) is 10.1 Å². The van der Waals surface area contributed by atoms with Crippen molar-refractivity contribution in [2.75, 3.05) is 19.6 Å². The SMILES string of the molecule is O=[N+]([O-])c1ccc(OC2(c3ccccc3)CCN(CCc3ccccc3)CC2)cc1. The van der Waals surface area contributed by atoms with E-state index in [1.54, 1.807) is 12.1 Å². The van der Waals surface area contributed by atoms with Crippen LogP contribution < -0.4 is 4.74 Å². The molecule has 1 heterocycles. The molecule has 3 aromatic carbocycles. The summed E-state index contributed by atoms with van der Waals surface area (Å²) in [6, 6.07) is 27.3. The summed E-state index contributed by atoms with van der Waals surface area (Å²) in [5.41, 5.74) is 2.18. The smallest absolute Gasteiger partial charge is 0.269 e. The Balaban J connectivity index is 1.47. The van der Waals surface area contributed by atoms with Crippen LogP contribution in [0.5, 0.6) is 5.75 Å². The van der Waals surface area contributed by atoms with Crippen LogP contribution in [0.4, 0.5) is 5.69 Å². The van der Waals surface area contributed by atoms with Gasteiger partial charge in [-0.3, -0.25) is 10.1 Å². The zero-order chi connectivity index (χ0) is 20.8. The number of nitro groups is 1. The van der Waals surface area contributed by atoms with E-state index < -0.39 is 5.60 Å². The number of hydrogen-bond acceptors (Lipinski definition) is 4. The maximum absolute atomic E-state index is 10.9. The van der Waals surface area contributed by atoms with Gasteiger partial charge in [-0.15, -0.1) is 0 Å². The molecular weight excluding hydrogens is 376 g/mol. The van der Waals surface area contributed by atoms with Gasteiger partial charge in [-0.05, 0) is 29.7 Å². The topological polar surface area (TPSA) is 55.6 Å². The number of non-ortho nitro benzene ring substituents is 1. The number of rotatable bonds is 7. The first-order valence-corrected chi connectivity index (χ1v) is 10.4. The Morgan fingerprint density at radius 2 is 1.47 bits per heavy atom. The number of nitrogens with zero attached hydrogens (tertiary/aromatic N) is 2. The van der Waals surface area contributed by atoms with E-state index in [2.05, 4.69) is 41.3 Å². The minimum atomic E-state index is -0.416. The van der Waals surface area contributed by atoms with Crippen molar-refractivity contribution >= 4 is 5.69 Å².